The lowest BCUT2D eigenvalue weighted by molar-refractivity contribution is -0.136. The van der Waals surface area contributed by atoms with Crippen molar-refractivity contribution in [1.29, 1.82) is 0 Å². The molecule has 1 fully saturated rings. The number of carbonyl (C=O) groups excluding carboxylic acids is 1. The number of halogens is 1. The van der Waals surface area contributed by atoms with Gasteiger partial charge in [-0.15, -0.1) is 0 Å². The minimum Gasteiger partial charge on any atom is -0.366 e. The van der Waals surface area contributed by atoms with Gasteiger partial charge in [0.1, 0.15) is 11.0 Å². The van der Waals surface area contributed by atoms with E-state index in [0.29, 0.717) is 11.9 Å². The zero-order valence-corrected chi connectivity index (χ0v) is 19.4. The molecule has 3 aromatic rings. The van der Waals surface area contributed by atoms with Crippen molar-refractivity contribution in [2.45, 2.75) is 23.8 Å². The Morgan fingerprint density at radius 1 is 1.29 bits per heavy atom. The number of morpholine rings is 1. The molecule has 2 unspecified atom stereocenters. The van der Waals surface area contributed by atoms with E-state index < -0.39 is 16.1 Å². The molecule has 1 aliphatic heterocycles. The van der Waals surface area contributed by atoms with E-state index in [4.69, 9.17) is 4.74 Å². The Morgan fingerprint density at radius 2 is 2.06 bits per heavy atom. The second kappa shape index (κ2) is 9.12. The number of aromatic nitrogens is 1. The molecule has 31 heavy (non-hydrogen) atoms. The number of H-pyrrole nitrogens is 1. The molecule has 0 spiro atoms. The average Bonchev–Trinajstić information content (AvgIpc) is 3.21. The van der Waals surface area contributed by atoms with Gasteiger partial charge < -0.3 is 15.0 Å². The molecule has 1 aliphatic rings. The second-order valence-electron chi connectivity index (χ2n) is 7.62. The van der Waals surface area contributed by atoms with Crippen LogP contribution in [0.25, 0.3) is 10.9 Å². The maximum atomic E-state index is 13.3. The van der Waals surface area contributed by atoms with Crippen molar-refractivity contribution in [2.75, 3.05) is 26.2 Å². The molecule has 164 valence electrons. The first-order valence-corrected chi connectivity index (χ1v) is 12.3. The summed E-state index contributed by atoms with van der Waals surface area (Å²) < 4.78 is 34.3. The summed E-state index contributed by atoms with van der Waals surface area (Å²) in [6.45, 7) is 2.83. The summed E-state index contributed by atoms with van der Waals surface area (Å²) in [4.78, 5) is 15.9. The summed E-state index contributed by atoms with van der Waals surface area (Å²) in [7, 11) is -3.78. The number of carbonyl (C=O) groups is 1. The van der Waals surface area contributed by atoms with E-state index in [1.54, 1.807) is 6.07 Å². The molecule has 0 bridgehead atoms. The third-order valence-electron chi connectivity index (χ3n) is 5.50. The van der Waals surface area contributed by atoms with Gasteiger partial charge in [-0.2, -0.15) is 4.31 Å². The number of hydrogen-bond acceptors (Lipinski definition) is 4. The molecule has 0 aliphatic carbocycles. The zero-order chi connectivity index (χ0) is 22.0. The Labute approximate surface area is 190 Å². The predicted octanol–water partition coefficient (Wildman–Crippen LogP) is 3.24. The third kappa shape index (κ3) is 4.69. The number of aromatic amines is 1. The van der Waals surface area contributed by atoms with Crippen molar-refractivity contribution < 1.29 is 17.9 Å². The van der Waals surface area contributed by atoms with Gasteiger partial charge >= 0.3 is 0 Å². The zero-order valence-electron chi connectivity index (χ0n) is 17.0. The lowest BCUT2D eigenvalue weighted by Crippen LogP contribution is -2.51. The normalized spacial score (nSPS) is 18.7. The number of benzene rings is 2. The summed E-state index contributed by atoms with van der Waals surface area (Å²) in [5.41, 5.74) is 1.86. The quantitative estimate of drug-likeness (QED) is 0.537. The molecule has 1 aromatic heterocycles. The maximum Gasteiger partial charge on any atom is 0.250 e. The first kappa shape index (κ1) is 22.0. The van der Waals surface area contributed by atoms with Gasteiger partial charge in [0.2, 0.25) is 10.0 Å². The van der Waals surface area contributed by atoms with Crippen LogP contribution in [0.5, 0.6) is 0 Å². The highest BCUT2D eigenvalue weighted by atomic mass is 79.9. The van der Waals surface area contributed by atoms with Gasteiger partial charge in [-0.1, -0.05) is 53.2 Å². The van der Waals surface area contributed by atoms with Crippen LogP contribution in [0.4, 0.5) is 0 Å². The fourth-order valence-corrected chi connectivity index (χ4v) is 5.63. The van der Waals surface area contributed by atoms with E-state index >= 15 is 0 Å². The van der Waals surface area contributed by atoms with Gasteiger partial charge in [-0.05, 0) is 29.7 Å². The molecule has 0 saturated carbocycles. The first-order chi connectivity index (χ1) is 14.9. The summed E-state index contributed by atoms with van der Waals surface area (Å²) in [5, 5.41) is 3.51. The molecule has 1 saturated heterocycles. The van der Waals surface area contributed by atoms with Crippen molar-refractivity contribution in [3.8, 4) is 0 Å². The molecule has 9 heteroatoms. The fraction of sp³-hybridized carbons (Fsp3) is 0.318. The number of fused-ring (bicyclic) bond motifs is 1. The third-order valence-corrected chi connectivity index (χ3v) is 7.89. The van der Waals surface area contributed by atoms with Gasteiger partial charge in [-0.3, -0.25) is 4.79 Å². The number of ether oxygens (including phenoxy) is 1. The number of sulfonamides is 1. The van der Waals surface area contributed by atoms with Gasteiger partial charge in [0.15, 0.2) is 0 Å². The Hall–Kier alpha value is -2.20. The highest BCUT2D eigenvalue weighted by Crippen LogP contribution is 2.29. The van der Waals surface area contributed by atoms with Crippen molar-refractivity contribution in [2.24, 2.45) is 0 Å². The highest BCUT2D eigenvalue weighted by Gasteiger charge is 2.35. The Morgan fingerprint density at radius 3 is 2.84 bits per heavy atom. The van der Waals surface area contributed by atoms with Gasteiger partial charge in [0.05, 0.1) is 6.61 Å². The fourth-order valence-electron chi connectivity index (χ4n) is 3.69. The van der Waals surface area contributed by atoms with Crippen LogP contribution in [0.3, 0.4) is 0 Å². The standard InChI is InChI=1S/C22H24BrN3O4S/c1-15(16-5-3-2-4-6-16)12-25-22(27)20-14-26(9-10-30-20)31(28,29)21-13-24-19-8-7-17(23)11-18(19)21/h2-8,11,13,15,20,24H,9-10,12,14H2,1H3,(H,25,27). The first-order valence-electron chi connectivity index (χ1n) is 10.1. The van der Waals surface area contributed by atoms with Crippen LogP contribution in [0.1, 0.15) is 18.4 Å². The van der Waals surface area contributed by atoms with Crippen molar-refractivity contribution in [3.05, 3.63) is 64.8 Å². The number of rotatable bonds is 6. The summed E-state index contributed by atoms with van der Waals surface area (Å²) in [5.74, 6) is -0.164. The van der Waals surface area contributed by atoms with Gasteiger partial charge in [0.25, 0.3) is 5.91 Å². The van der Waals surface area contributed by atoms with Crippen LogP contribution in [0.2, 0.25) is 0 Å². The van der Waals surface area contributed by atoms with Crippen LogP contribution in [0, 0.1) is 0 Å². The molecular weight excluding hydrogens is 482 g/mol. The molecular formula is C22H24BrN3O4S. The van der Waals surface area contributed by atoms with Crippen molar-refractivity contribution in [3.63, 3.8) is 0 Å². The minimum absolute atomic E-state index is 0.0193. The van der Waals surface area contributed by atoms with Crippen LogP contribution in [0.15, 0.2) is 64.1 Å². The molecule has 2 N–H and O–H groups in total. The maximum absolute atomic E-state index is 13.3. The highest BCUT2D eigenvalue weighted by molar-refractivity contribution is 9.10. The largest absolute Gasteiger partial charge is 0.366 e. The minimum atomic E-state index is -3.78. The molecule has 4 rings (SSSR count). The van der Waals surface area contributed by atoms with Crippen LogP contribution in [-0.2, 0) is 19.6 Å². The predicted molar refractivity (Wildman–Crippen MR) is 122 cm³/mol. The number of nitrogens with zero attached hydrogens (tertiary/aromatic N) is 1. The Bertz CT molecular complexity index is 1180. The van der Waals surface area contributed by atoms with Crippen molar-refractivity contribution >= 4 is 42.8 Å². The average molecular weight is 506 g/mol. The molecule has 7 nitrogen and oxygen atoms in total. The Kier molecular flexibility index (Phi) is 6.47. The van der Waals surface area contributed by atoms with E-state index in [1.807, 2.05) is 49.4 Å². The van der Waals surface area contributed by atoms with E-state index in [9.17, 15) is 13.2 Å². The SMILES string of the molecule is CC(CNC(=O)C1CN(S(=O)(=O)c2c[nH]c3ccc(Br)cc23)CCO1)c1ccccc1. The topological polar surface area (TPSA) is 91.5 Å². The van der Waals surface area contributed by atoms with Crippen LogP contribution >= 0.6 is 15.9 Å². The second-order valence-corrected chi connectivity index (χ2v) is 10.4. The van der Waals surface area contributed by atoms with E-state index in [0.717, 1.165) is 15.6 Å². The smallest absolute Gasteiger partial charge is 0.250 e. The lowest BCUT2D eigenvalue weighted by atomic mass is 10.0. The molecule has 0 radical (unpaired) electrons. The summed E-state index contributed by atoms with van der Waals surface area (Å²) in [6.07, 6.45) is 0.654. The summed E-state index contributed by atoms with van der Waals surface area (Å²) >= 11 is 3.39. The lowest BCUT2D eigenvalue weighted by Gasteiger charge is -2.31. The van der Waals surface area contributed by atoms with Gasteiger partial charge in [0, 0.05) is 41.2 Å². The van der Waals surface area contributed by atoms with Crippen LogP contribution in [-0.4, -0.2) is 56.0 Å². The van der Waals surface area contributed by atoms with E-state index in [1.165, 1.54) is 10.5 Å². The molecule has 2 heterocycles. The number of hydrogen-bond donors (Lipinski definition) is 2. The number of amides is 1. The molecule has 2 aromatic carbocycles. The van der Waals surface area contributed by atoms with Gasteiger partial charge in [-0.25, -0.2) is 8.42 Å². The Balaban J connectivity index is 1.45. The van der Waals surface area contributed by atoms with E-state index in [-0.39, 0.29) is 36.4 Å². The summed E-state index contributed by atoms with van der Waals surface area (Å²) in [6, 6.07) is 15.3. The van der Waals surface area contributed by atoms with Crippen molar-refractivity contribution in [1.82, 2.24) is 14.6 Å². The molecule has 1 amide bonds. The van der Waals surface area contributed by atoms with Crippen LogP contribution < -0.4 is 5.32 Å². The number of nitrogens with one attached hydrogen (secondary N) is 2. The van der Waals surface area contributed by atoms with E-state index in [2.05, 4.69) is 26.2 Å². The monoisotopic (exact) mass is 505 g/mol. The molecule has 2 atom stereocenters.